The molecule has 0 radical (unpaired) electrons. The number of allylic oxidation sites excluding steroid dienone is 6. The van der Waals surface area contributed by atoms with Crippen LogP contribution in [0.25, 0.3) is 0 Å². The van der Waals surface area contributed by atoms with Crippen molar-refractivity contribution < 1.29 is 14.6 Å². The third-order valence-electron chi connectivity index (χ3n) is 4.25. The molecule has 6 nitrogen and oxygen atoms in total. The van der Waals surface area contributed by atoms with Crippen molar-refractivity contribution >= 4 is 24.1 Å². The molecule has 0 aromatic heterocycles. The van der Waals surface area contributed by atoms with Crippen LogP contribution in [0.4, 0.5) is 4.79 Å². The molecule has 1 aliphatic carbocycles. The second kappa shape index (κ2) is 33.0. The molecule has 0 heterocycles. The zero-order chi connectivity index (χ0) is 31.9. The lowest BCUT2D eigenvalue weighted by Gasteiger charge is -2.28. The summed E-state index contributed by atoms with van der Waals surface area (Å²) in [5.74, 6) is 2.07. The zero-order valence-corrected chi connectivity index (χ0v) is 28.7. The highest BCUT2D eigenvalue weighted by molar-refractivity contribution is 7.98. The molecule has 1 unspecified atom stereocenters. The van der Waals surface area contributed by atoms with Crippen molar-refractivity contribution in [1.82, 2.24) is 4.90 Å². The van der Waals surface area contributed by atoms with Crippen LogP contribution in [0.1, 0.15) is 88.5 Å². The van der Waals surface area contributed by atoms with Gasteiger partial charge >= 0.3 is 6.09 Å². The van der Waals surface area contributed by atoms with Gasteiger partial charge in [0, 0.05) is 31.1 Å². The number of rotatable bonds is 11. The second-order valence-electron chi connectivity index (χ2n) is 9.56. The van der Waals surface area contributed by atoms with Crippen LogP contribution in [0.2, 0.25) is 0 Å². The van der Waals surface area contributed by atoms with Crippen LogP contribution in [-0.2, 0) is 4.74 Å². The number of hydrogen-bond donors (Lipinski definition) is 2. The quantitative estimate of drug-likeness (QED) is 0.188. The van der Waals surface area contributed by atoms with Gasteiger partial charge in [-0.3, -0.25) is 4.99 Å². The van der Waals surface area contributed by atoms with E-state index in [0.29, 0.717) is 18.7 Å². The van der Waals surface area contributed by atoms with Crippen molar-refractivity contribution in [2.75, 3.05) is 32.1 Å². The first-order valence-corrected chi connectivity index (χ1v) is 16.0. The Hall–Kier alpha value is -2.25. The molecule has 0 saturated carbocycles. The lowest BCUT2D eigenvalue weighted by Crippen LogP contribution is -2.40. The maximum Gasteiger partial charge on any atom is 0.407 e. The van der Waals surface area contributed by atoms with Gasteiger partial charge < -0.3 is 20.5 Å². The first kappa shape index (κ1) is 44.8. The van der Waals surface area contributed by atoms with E-state index in [0.717, 1.165) is 23.5 Å². The van der Waals surface area contributed by atoms with E-state index in [1.807, 2.05) is 63.8 Å². The maximum atomic E-state index is 11.8. The largest absolute Gasteiger partial charge is 0.465 e. The van der Waals surface area contributed by atoms with Crippen LogP contribution in [0, 0.1) is 5.92 Å². The number of thioether (sulfide) groups is 1. The molecule has 3 N–H and O–H groups in total. The van der Waals surface area contributed by atoms with Gasteiger partial charge in [0.15, 0.2) is 0 Å². The fourth-order valence-corrected chi connectivity index (χ4v) is 2.69. The number of aliphatic imine (C=N–C) groups is 1. The highest BCUT2D eigenvalue weighted by Gasteiger charge is 2.22. The fourth-order valence-electron chi connectivity index (χ4n) is 2.69. The molecule has 1 amide bonds. The fraction of sp³-hybridized carbons (Fsp3) is 0.636. The van der Waals surface area contributed by atoms with Gasteiger partial charge in [0.2, 0.25) is 0 Å². The average Bonchev–Trinajstić information content (AvgIpc) is 3.10. The van der Waals surface area contributed by atoms with E-state index in [1.54, 1.807) is 25.4 Å². The standard InChI is InChI=1S/C21H31N3O3.C4H10.C3H8S.C3H8.C2H6/c1-5-7-18(14-23-4)20(27-16(2)3)15-24(21(25)26)13-12-17-8-6-9-19(22)11-10-17;1-4(2)3;1-3-4-2;1-3-2;1-2/h5-7,9-11,14,16,20H,1,8,12-13,15,22H2,2-4H3,(H,25,26);4H,1-3H3;3H2,1-2H3;3H2,1-2H3;1-2H3/b18-7+,23-14?;;;;. The lowest BCUT2D eigenvalue weighted by atomic mass is 10.1. The Morgan fingerprint density at radius 1 is 1.20 bits per heavy atom. The summed E-state index contributed by atoms with van der Waals surface area (Å²) in [5, 5.41) is 9.66. The van der Waals surface area contributed by atoms with Crippen molar-refractivity contribution in [3.63, 3.8) is 0 Å². The molecule has 0 aromatic rings. The molecule has 1 rings (SSSR count). The van der Waals surface area contributed by atoms with E-state index in [4.69, 9.17) is 10.5 Å². The summed E-state index contributed by atoms with van der Waals surface area (Å²) in [4.78, 5) is 17.2. The van der Waals surface area contributed by atoms with Crippen LogP contribution >= 0.6 is 11.8 Å². The van der Waals surface area contributed by atoms with Crippen molar-refractivity contribution in [3.05, 3.63) is 59.9 Å². The number of carboxylic acid groups (broad SMARTS) is 1. The molecular weight excluding hydrogens is 518 g/mol. The summed E-state index contributed by atoms with van der Waals surface area (Å²) < 4.78 is 5.96. The Kier molecular flexibility index (Phi) is 36.9. The van der Waals surface area contributed by atoms with Crippen LogP contribution < -0.4 is 5.73 Å². The highest BCUT2D eigenvalue weighted by Crippen LogP contribution is 2.16. The van der Waals surface area contributed by atoms with E-state index in [9.17, 15) is 9.90 Å². The molecule has 1 aliphatic rings. The molecule has 40 heavy (non-hydrogen) atoms. The van der Waals surface area contributed by atoms with Crippen LogP contribution in [0.3, 0.4) is 0 Å². The molecule has 0 aliphatic heterocycles. The summed E-state index contributed by atoms with van der Waals surface area (Å²) in [5.41, 5.74) is 8.41. The molecule has 234 valence electrons. The normalized spacial score (nSPS) is 13.1. The van der Waals surface area contributed by atoms with Gasteiger partial charge in [-0.05, 0) is 56.8 Å². The Morgan fingerprint density at radius 2 is 1.73 bits per heavy atom. The average molecular weight is 582 g/mol. The van der Waals surface area contributed by atoms with E-state index < -0.39 is 12.2 Å². The van der Waals surface area contributed by atoms with Crippen LogP contribution in [-0.4, -0.2) is 66.7 Å². The number of carbonyl (C=O) groups is 1. The molecule has 1 atom stereocenters. The van der Waals surface area contributed by atoms with Crippen molar-refractivity contribution in [2.24, 2.45) is 16.6 Å². The molecule has 7 heteroatoms. The molecule has 0 aromatic carbocycles. The predicted octanol–water partition coefficient (Wildman–Crippen LogP) is 9.17. The molecular formula is C33H63N3O3S. The highest BCUT2D eigenvalue weighted by atomic mass is 32.2. The minimum atomic E-state index is -0.974. The van der Waals surface area contributed by atoms with Crippen LogP contribution in [0.15, 0.2) is 64.9 Å². The smallest absolute Gasteiger partial charge is 0.407 e. The number of nitrogens with two attached hydrogens (primary N) is 1. The number of ether oxygens (including phenoxy) is 1. The first-order valence-electron chi connectivity index (χ1n) is 14.6. The third-order valence-corrected chi connectivity index (χ3v) is 4.82. The summed E-state index contributed by atoms with van der Waals surface area (Å²) in [6.07, 6.45) is 16.1. The Labute approximate surface area is 252 Å². The number of amides is 1. The lowest BCUT2D eigenvalue weighted by molar-refractivity contribution is 0.0133. The number of nitrogens with zero attached hydrogens (tertiary/aromatic N) is 2. The van der Waals surface area contributed by atoms with E-state index in [-0.39, 0.29) is 12.6 Å². The van der Waals surface area contributed by atoms with Gasteiger partial charge in [0.25, 0.3) is 0 Å². The van der Waals surface area contributed by atoms with Gasteiger partial charge in [-0.1, -0.05) is 98.3 Å². The minimum Gasteiger partial charge on any atom is -0.465 e. The van der Waals surface area contributed by atoms with Gasteiger partial charge in [0.1, 0.15) is 6.10 Å². The van der Waals surface area contributed by atoms with Gasteiger partial charge in [-0.15, -0.1) is 0 Å². The topological polar surface area (TPSA) is 88.2 Å². The Balaban J connectivity index is -0.000000418. The second-order valence-corrected chi connectivity index (χ2v) is 10.7. The Morgan fingerprint density at radius 3 is 2.12 bits per heavy atom. The van der Waals surface area contributed by atoms with Gasteiger partial charge in [-0.2, -0.15) is 11.8 Å². The van der Waals surface area contributed by atoms with Crippen LogP contribution in [0.5, 0.6) is 0 Å². The van der Waals surface area contributed by atoms with Gasteiger partial charge in [-0.25, -0.2) is 4.79 Å². The summed E-state index contributed by atoms with van der Waals surface area (Å²) in [6.45, 7) is 25.1. The molecule has 0 bridgehead atoms. The van der Waals surface area contributed by atoms with E-state index in [1.165, 1.54) is 17.1 Å². The minimum absolute atomic E-state index is 0.0491. The third kappa shape index (κ3) is 32.0. The van der Waals surface area contributed by atoms with Gasteiger partial charge in [0.05, 0.1) is 12.6 Å². The summed E-state index contributed by atoms with van der Waals surface area (Å²) >= 11 is 1.86. The zero-order valence-electron chi connectivity index (χ0n) is 27.9. The predicted molar refractivity (Wildman–Crippen MR) is 183 cm³/mol. The maximum absolute atomic E-state index is 11.8. The summed E-state index contributed by atoms with van der Waals surface area (Å²) in [6, 6.07) is 0. The first-order chi connectivity index (χ1) is 18.9. The molecule has 0 fully saturated rings. The molecule has 0 saturated heterocycles. The van der Waals surface area contributed by atoms with Crippen molar-refractivity contribution in [1.29, 1.82) is 0 Å². The van der Waals surface area contributed by atoms with Crippen molar-refractivity contribution in [2.45, 2.75) is 101 Å². The summed E-state index contributed by atoms with van der Waals surface area (Å²) in [7, 11) is 1.67. The van der Waals surface area contributed by atoms with Crippen molar-refractivity contribution in [3.8, 4) is 0 Å². The number of hydrogen-bond acceptors (Lipinski definition) is 5. The Bertz CT molecular complexity index is 749. The van der Waals surface area contributed by atoms with E-state index >= 15 is 0 Å². The van der Waals surface area contributed by atoms with E-state index in [2.05, 4.69) is 59.4 Å². The SMILES string of the molecule is C=C/C=C(\C=NC)C(CN(CCC1=CC=C(N)C=CC1)C(=O)O)OC(C)C.CC.CC(C)C.CCC.CCSC. The monoisotopic (exact) mass is 581 g/mol. The molecule has 0 spiro atoms.